The van der Waals surface area contributed by atoms with E-state index in [1.54, 1.807) is 4.90 Å². The number of piperidine rings is 1. The molecule has 5 nitrogen and oxygen atoms in total. The first-order valence-corrected chi connectivity index (χ1v) is 6.35. The van der Waals surface area contributed by atoms with Crippen molar-refractivity contribution in [3.05, 3.63) is 11.1 Å². The third-order valence-electron chi connectivity index (χ3n) is 2.84. The van der Waals surface area contributed by atoms with Gasteiger partial charge < -0.3 is 9.64 Å². The normalized spacial score (nSPS) is 15.7. The molecule has 1 heterocycles. The zero-order valence-electron chi connectivity index (χ0n) is 11.9. The van der Waals surface area contributed by atoms with Crippen molar-refractivity contribution in [2.45, 2.75) is 46.1 Å². The highest BCUT2D eigenvalue weighted by molar-refractivity contribution is 5.98. The molecule has 0 saturated carbocycles. The van der Waals surface area contributed by atoms with Crippen molar-refractivity contribution >= 4 is 11.9 Å². The van der Waals surface area contributed by atoms with Gasteiger partial charge >= 0.3 is 6.09 Å². The van der Waals surface area contributed by atoms with E-state index in [4.69, 9.17) is 10.00 Å². The van der Waals surface area contributed by atoms with E-state index >= 15 is 0 Å². The number of carbonyl (C=O) groups excluding carboxylic acids is 2. The van der Waals surface area contributed by atoms with Gasteiger partial charge in [-0.25, -0.2) is 4.79 Å². The molecule has 1 amide bonds. The Morgan fingerprint density at radius 1 is 1.26 bits per heavy atom. The lowest BCUT2D eigenvalue weighted by Gasteiger charge is -2.31. The number of amides is 1. The van der Waals surface area contributed by atoms with Crippen LogP contribution in [-0.2, 0) is 9.53 Å². The van der Waals surface area contributed by atoms with Crippen LogP contribution in [0.2, 0.25) is 0 Å². The highest BCUT2D eigenvalue weighted by Gasteiger charge is 2.26. The lowest BCUT2D eigenvalue weighted by atomic mass is 9.97. The Labute approximate surface area is 113 Å². The molecule has 1 aliphatic rings. The second-order valence-electron chi connectivity index (χ2n) is 5.61. The number of Topliss-reactive ketones (excluding diaryl/α,β-unsaturated/α-hetero) is 1. The fourth-order valence-electron chi connectivity index (χ4n) is 1.94. The minimum absolute atomic E-state index is 0.205. The van der Waals surface area contributed by atoms with Crippen LogP contribution in [-0.4, -0.2) is 35.5 Å². The molecule has 0 N–H and O–H groups in total. The van der Waals surface area contributed by atoms with Crippen molar-refractivity contribution in [3.8, 4) is 6.07 Å². The minimum atomic E-state index is -0.510. The molecule has 0 radical (unpaired) electrons. The van der Waals surface area contributed by atoms with Crippen molar-refractivity contribution in [1.29, 1.82) is 5.26 Å². The lowest BCUT2D eigenvalue weighted by molar-refractivity contribution is -0.113. The van der Waals surface area contributed by atoms with Crippen LogP contribution in [0.5, 0.6) is 0 Å². The Bertz CT molecular complexity index is 442. The van der Waals surface area contributed by atoms with E-state index < -0.39 is 5.60 Å². The van der Waals surface area contributed by atoms with Gasteiger partial charge in [0.15, 0.2) is 5.78 Å². The second-order valence-corrected chi connectivity index (χ2v) is 5.61. The van der Waals surface area contributed by atoms with Gasteiger partial charge in [0, 0.05) is 13.1 Å². The zero-order chi connectivity index (χ0) is 14.6. The molecular weight excluding hydrogens is 244 g/mol. The van der Waals surface area contributed by atoms with Crippen LogP contribution in [0, 0.1) is 11.3 Å². The maximum Gasteiger partial charge on any atom is 0.410 e. The van der Waals surface area contributed by atoms with Gasteiger partial charge in [0.05, 0.1) is 5.57 Å². The summed E-state index contributed by atoms with van der Waals surface area (Å²) in [5.41, 5.74) is 0.573. The molecule has 0 atom stereocenters. The first-order valence-electron chi connectivity index (χ1n) is 6.35. The summed E-state index contributed by atoms with van der Waals surface area (Å²) in [4.78, 5) is 24.8. The number of ether oxygens (including phenoxy) is 1. The Kier molecular flexibility index (Phi) is 4.71. The number of ketones is 1. The maximum atomic E-state index is 11.8. The number of hydrogen-bond acceptors (Lipinski definition) is 4. The van der Waals surface area contributed by atoms with Crippen molar-refractivity contribution < 1.29 is 14.3 Å². The quantitative estimate of drug-likeness (QED) is 0.538. The molecule has 1 saturated heterocycles. The number of hydrogen-bond donors (Lipinski definition) is 0. The highest BCUT2D eigenvalue weighted by atomic mass is 16.6. The van der Waals surface area contributed by atoms with Crippen LogP contribution >= 0.6 is 0 Å². The van der Waals surface area contributed by atoms with Gasteiger partial charge in [-0.2, -0.15) is 5.26 Å². The number of carbonyl (C=O) groups is 2. The predicted molar refractivity (Wildman–Crippen MR) is 70.4 cm³/mol. The lowest BCUT2D eigenvalue weighted by Crippen LogP contribution is -2.40. The Morgan fingerprint density at radius 2 is 1.79 bits per heavy atom. The molecule has 1 fully saturated rings. The van der Waals surface area contributed by atoms with E-state index in [-0.39, 0.29) is 17.4 Å². The van der Waals surface area contributed by atoms with Crippen LogP contribution in [0.3, 0.4) is 0 Å². The fourth-order valence-corrected chi connectivity index (χ4v) is 1.94. The maximum absolute atomic E-state index is 11.8. The SMILES string of the molecule is CC(=O)C(C#N)=C1CCN(C(=O)OC(C)(C)C)CC1. The van der Waals surface area contributed by atoms with Crippen LogP contribution < -0.4 is 0 Å². The smallest absolute Gasteiger partial charge is 0.410 e. The molecule has 19 heavy (non-hydrogen) atoms. The van der Waals surface area contributed by atoms with Gasteiger partial charge in [-0.3, -0.25) is 4.79 Å². The number of nitriles is 1. The van der Waals surface area contributed by atoms with Crippen molar-refractivity contribution in [2.75, 3.05) is 13.1 Å². The molecule has 0 spiro atoms. The van der Waals surface area contributed by atoms with E-state index in [0.29, 0.717) is 25.9 Å². The van der Waals surface area contributed by atoms with E-state index in [2.05, 4.69) is 0 Å². The summed E-state index contributed by atoms with van der Waals surface area (Å²) in [6.45, 7) is 7.84. The molecule has 104 valence electrons. The average molecular weight is 264 g/mol. The topological polar surface area (TPSA) is 70.4 Å². The zero-order valence-corrected chi connectivity index (χ0v) is 11.9. The minimum Gasteiger partial charge on any atom is -0.444 e. The summed E-state index contributed by atoms with van der Waals surface area (Å²) in [6, 6.07) is 1.95. The molecule has 5 heteroatoms. The number of rotatable bonds is 1. The van der Waals surface area contributed by atoms with Gasteiger partial charge in [-0.05, 0) is 46.1 Å². The predicted octanol–water partition coefficient (Wildman–Crippen LogP) is 2.43. The van der Waals surface area contributed by atoms with Crippen LogP contribution in [0.25, 0.3) is 0 Å². The molecule has 0 bridgehead atoms. The molecule has 0 aromatic heterocycles. The Hall–Kier alpha value is -1.83. The largest absolute Gasteiger partial charge is 0.444 e. The molecular formula is C14H20N2O3. The van der Waals surface area contributed by atoms with Gasteiger partial charge in [-0.1, -0.05) is 0 Å². The summed E-state index contributed by atoms with van der Waals surface area (Å²) < 4.78 is 5.29. The molecule has 0 unspecified atom stereocenters. The van der Waals surface area contributed by atoms with E-state index in [1.807, 2.05) is 26.8 Å². The first-order chi connectivity index (χ1) is 8.74. The molecule has 1 rings (SSSR count). The summed E-state index contributed by atoms with van der Waals surface area (Å²) in [7, 11) is 0. The monoisotopic (exact) mass is 264 g/mol. The fraction of sp³-hybridized carbons (Fsp3) is 0.643. The van der Waals surface area contributed by atoms with Gasteiger partial charge in [0.25, 0.3) is 0 Å². The Balaban J connectivity index is 2.66. The van der Waals surface area contributed by atoms with Crippen LogP contribution in [0.1, 0.15) is 40.5 Å². The Morgan fingerprint density at radius 3 is 2.16 bits per heavy atom. The van der Waals surface area contributed by atoms with E-state index in [0.717, 1.165) is 5.57 Å². The number of likely N-dealkylation sites (tertiary alicyclic amines) is 1. The van der Waals surface area contributed by atoms with Gasteiger partial charge in [-0.15, -0.1) is 0 Å². The van der Waals surface area contributed by atoms with E-state index in [1.165, 1.54) is 6.92 Å². The van der Waals surface area contributed by atoms with Crippen LogP contribution in [0.4, 0.5) is 4.79 Å². The second kappa shape index (κ2) is 5.87. The summed E-state index contributed by atoms with van der Waals surface area (Å²) >= 11 is 0. The van der Waals surface area contributed by atoms with Crippen molar-refractivity contribution in [1.82, 2.24) is 4.90 Å². The van der Waals surface area contributed by atoms with Gasteiger partial charge in [0.1, 0.15) is 11.7 Å². The summed E-state index contributed by atoms with van der Waals surface area (Å²) in [6.07, 6.45) is 0.775. The summed E-state index contributed by atoms with van der Waals surface area (Å²) in [5.74, 6) is -0.205. The molecule has 1 aliphatic heterocycles. The third kappa shape index (κ3) is 4.40. The molecule has 0 aromatic rings. The average Bonchev–Trinajstić information content (AvgIpc) is 2.28. The third-order valence-corrected chi connectivity index (χ3v) is 2.84. The van der Waals surface area contributed by atoms with Crippen LogP contribution in [0.15, 0.2) is 11.1 Å². The molecule has 0 aliphatic carbocycles. The standard InChI is InChI=1S/C14H20N2O3/c1-10(17)12(9-15)11-5-7-16(8-6-11)13(18)19-14(2,3)4/h5-8H2,1-4H3. The van der Waals surface area contributed by atoms with Crippen molar-refractivity contribution in [3.63, 3.8) is 0 Å². The number of nitrogens with zero attached hydrogens (tertiary/aromatic N) is 2. The molecule has 0 aromatic carbocycles. The van der Waals surface area contributed by atoms with Gasteiger partial charge in [0.2, 0.25) is 0 Å². The van der Waals surface area contributed by atoms with Crippen molar-refractivity contribution in [2.24, 2.45) is 0 Å². The summed E-state index contributed by atoms with van der Waals surface area (Å²) in [5, 5.41) is 8.94. The van der Waals surface area contributed by atoms with E-state index in [9.17, 15) is 9.59 Å². The number of allylic oxidation sites excluding steroid dienone is 1. The first kappa shape index (κ1) is 15.2. The highest BCUT2D eigenvalue weighted by Crippen LogP contribution is 2.22.